The van der Waals surface area contributed by atoms with Crippen molar-refractivity contribution in [3.63, 3.8) is 0 Å². The molecule has 0 radical (unpaired) electrons. The summed E-state index contributed by atoms with van der Waals surface area (Å²) in [4.78, 5) is 24.0. The van der Waals surface area contributed by atoms with Crippen molar-refractivity contribution >= 4 is 22.0 Å². The number of cyclic esters (lactones) is 1. The minimum absolute atomic E-state index is 0.0568. The molecule has 0 N–H and O–H groups in total. The highest BCUT2D eigenvalue weighted by Crippen LogP contribution is 2.31. The van der Waals surface area contributed by atoms with Crippen LogP contribution in [0.2, 0.25) is 0 Å². The molecule has 0 bridgehead atoms. The molecule has 0 atom stereocenters. The lowest BCUT2D eigenvalue weighted by Crippen LogP contribution is -2.62. The zero-order valence-electron chi connectivity index (χ0n) is 11.8. The zero-order valence-corrected chi connectivity index (χ0v) is 12.6. The summed E-state index contributed by atoms with van der Waals surface area (Å²) in [5.41, 5.74) is 0. The molecular weight excluding hydrogens is 312 g/mol. The van der Waals surface area contributed by atoms with Gasteiger partial charge in [0.15, 0.2) is 6.61 Å². The van der Waals surface area contributed by atoms with Gasteiger partial charge < -0.3 is 9.47 Å². The van der Waals surface area contributed by atoms with E-state index in [1.807, 2.05) is 0 Å². The Labute approximate surface area is 127 Å². The van der Waals surface area contributed by atoms with Gasteiger partial charge in [-0.3, -0.25) is 4.79 Å². The molecule has 2 fully saturated rings. The third-order valence-electron chi connectivity index (χ3n) is 3.67. The van der Waals surface area contributed by atoms with Crippen molar-refractivity contribution in [2.24, 2.45) is 0 Å². The summed E-state index contributed by atoms with van der Waals surface area (Å²) in [6.45, 7) is -0.170. The predicted octanol–water partition coefficient (Wildman–Crippen LogP) is 0.0469. The standard InChI is InChI=1S/C13H14N2O6S/c1-20-10-4-2-3-5-11(10)22(18,19)14-6-9(7-14)15-12(16)8-21-13(15)17/h2-5,9H,6-8H2,1H3. The molecule has 0 aliphatic carbocycles. The number of ether oxygens (including phenoxy) is 2. The molecule has 2 saturated heterocycles. The summed E-state index contributed by atoms with van der Waals surface area (Å²) in [5.74, 6) is -0.188. The maximum atomic E-state index is 12.5. The number of carbonyl (C=O) groups excluding carboxylic acids is 2. The van der Waals surface area contributed by atoms with Crippen LogP contribution >= 0.6 is 0 Å². The van der Waals surface area contributed by atoms with Crippen LogP contribution in [0.3, 0.4) is 0 Å². The van der Waals surface area contributed by atoms with E-state index >= 15 is 0 Å². The van der Waals surface area contributed by atoms with E-state index in [1.54, 1.807) is 18.2 Å². The first-order valence-electron chi connectivity index (χ1n) is 6.57. The number of nitrogens with zero attached hydrogens (tertiary/aromatic N) is 2. The van der Waals surface area contributed by atoms with E-state index in [4.69, 9.17) is 4.74 Å². The van der Waals surface area contributed by atoms with Gasteiger partial charge in [-0.1, -0.05) is 12.1 Å². The molecule has 0 saturated carbocycles. The number of methoxy groups -OCH3 is 1. The van der Waals surface area contributed by atoms with Crippen molar-refractivity contribution in [2.45, 2.75) is 10.9 Å². The normalized spacial score (nSPS) is 20.0. The number of imide groups is 1. The molecule has 3 rings (SSSR count). The predicted molar refractivity (Wildman–Crippen MR) is 73.7 cm³/mol. The molecule has 9 heteroatoms. The molecule has 2 heterocycles. The first kappa shape index (κ1) is 14.8. The van der Waals surface area contributed by atoms with E-state index < -0.39 is 28.1 Å². The summed E-state index contributed by atoms with van der Waals surface area (Å²) in [5, 5.41) is 0. The summed E-state index contributed by atoms with van der Waals surface area (Å²) in [6, 6.07) is 5.82. The van der Waals surface area contributed by atoms with Gasteiger partial charge in [-0.25, -0.2) is 18.1 Å². The summed E-state index contributed by atoms with van der Waals surface area (Å²) in [6.07, 6.45) is -0.718. The fourth-order valence-electron chi connectivity index (χ4n) is 2.46. The molecule has 118 valence electrons. The SMILES string of the molecule is COc1ccccc1S(=O)(=O)N1CC(N2C(=O)COC2=O)C1. The van der Waals surface area contributed by atoms with E-state index in [2.05, 4.69) is 4.74 Å². The lowest BCUT2D eigenvalue weighted by Gasteiger charge is -2.40. The Hall–Kier alpha value is -2.13. The zero-order chi connectivity index (χ0) is 15.9. The van der Waals surface area contributed by atoms with Crippen LogP contribution in [0.5, 0.6) is 5.75 Å². The van der Waals surface area contributed by atoms with E-state index in [-0.39, 0.29) is 30.3 Å². The van der Waals surface area contributed by atoms with Gasteiger partial charge in [0.25, 0.3) is 5.91 Å². The third kappa shape index (κ3) is 2.22. The van der Waals surface area contributed by atoms with Gasteiger partial charge in [0.1, 0.15) is 10.6 Å². The molecule has 2 aliphatic rings. The number of sulfonamides is 1. The number of benzene rings is 1. The van der Waals surface area contributed by atoms with Gasteiger partial charge in [-0.2, -0.15) is 4.31 Å². The highest BCUT2D eigenvalue weighted by molar-refractivity contribution is 7.89. The Balaban J connectivity index is 1.77. The van der Waals surface area contributed by atoms with Crippen molar-refractivity contribution < 1.29 is 27.5 Å². The highest BCUT2D eigenvalue weighted by Gasteiger charge is 2.47. The van der Waals surface area contributed by atoms with Gasteiger partial charge in [-0.05, 0) is 12.1 Å². The molecule has 0 spiro atoms. The molecule has 1 aromatic carbocycles. The quantitative estimate of drug-likeness (QED) is 0.776. The van der Waals surface area contributed by atoms with E-state index in [1.165, 1.54) is 17.5 Å². The number of rotatable bonds is 4. The van der Waals surface area contributed by atoms with Crippen molar-refractivity contribution in [1.29, 1.82) is 0 Å². The van der Waals surface area contributed by atoms with Crippen LogP contribution in [0.15, 0.2) is 29.2 Å². The molecule has 1 aromatic rings. The molecule has 8 nitrogen and oxygen atoms in total. The van der Waals surface area contributed by atoms with Crippen LogP contribution in [-0.2, 0) is 19.6 Å². The van der Waals surface area contributed by atoms with Crippen molar-refractivity contribution in [3.8, 4) is 5.75 Å². The smallest absolute Gasteiger partial charge is 0.417 e. The van der Waals surface area contributed by atoms with Crippen LogP contribution in [0, 0.1) is 0 Å². The van der Waals surface area contributed by atoms with Crippen LogP contribution in [0.25, 0.3) is 0 Å². The highest BCUT2D eigenvalue weighted by atomic mass is 32.2. The lowest BCUT2D eigenvalue weighted by molar-refractivity contribution is -0.128. The van der Waals surface area contributed by atoms with Crippen molar-refractivity contribution in [3.05, 3.63) is 24.3 Å². The van der Waals surface area contributed by atoms with Gasteiger partial charge >= 0.3 is 6.09 Å². The second-order valence-electron chi connectivity index (χ2n) is 4.95. The number of carbonyl (C=O) groups is 2. The number of amides is 2. The Bertz CT molecular complexity index is 710. The maximum Gasteiger partial charge on any atom is 0.417 e. The Morgan fingerprint density at radius 3 is 2.50 bits per heavy atom. The lowest BCUT2D eigenvalue weighted by atomic mass is 10.1. The van der Waals surface area contributed by atoms with Gasteiger partial charge in [0.05, 0.1) is 13.2 Å². The van der Waals surface area contributed by atoms with Crippen LogP contribution < -0.4 is 4.74 Å². The molecule has 0 unspecified atom stereocenters. The van der Waals surface area contributed by atoms with Crippen LogP contribution in [-0.4, -0.2) is 62.5 Å². The first-order valence-corrected chi connectivity index (χ1v) is 8.01. The Morgan fingerprint density at radius 1 is 1.23 bits per heavy atom. The number of hydrogen-bond donors (Lipinski definition) is 0. The van der Waals surface area contributed by atoms with E-state index in [0.717, 1.165) is 4.90 Å². The van der Waals surface area contributed by atoms with Crippen LogP contribution in [0.4, 0.5) is 4.79 Å². The van der Waals surface area contributed by atoms with Gasteiger partial charge in [0, 0.05) is 13.1 Å². The van der Waals surface area contributed by atoms with Gasteiger partial charge in [0.2, 0.25) is 10.0 Å². The molecule has 22 heavy (non-hydrogen) atoms. The summed E-state index contributed by atoms with van der Waals surface area (Å²) in [7, 11) is -2.33. The van der Waals surface area contributed by atoms with Gasteiger partial charge in [-0.15, -0.1) is 0 Å². The molecule has 2 aliphatic heterocycles. The van der Waals surface area contributed by atoms with Crippen molar-refractivity contribution in [2.75, 3.05) is 26.8 Å². The second-order valence-corrected chi connectivity index (χ2v) is 6.85. The summed E-state index contributed by atoms with van der Waals surface area (Å²) < 4.78 is 36.0. The fraction of sp³-hybridized carbons (Fsp3) is 0.385. The third-order valence-corrected chi connectivity index (χ3v) is 5.54. The monoisotopic (exact) mass is 326 g/mol. The minimum Gasteiger partial charge on any atom is -0.495 e. The average Bonchev–Trinajstić information content (AvgIpc) is 2.77. The van der Waals surface area contributed by atoms with E-state index in [9.17, 15) is 18.0 Å². The molecule has 2 amide bonds. The van der Waals surface area contributed by atoms with E-state index in [0.29, 0.717) is 0 Å². The second kappa shape index (κ2) is 5.25. The fourth-order valence-corrected chi connectivity index (χ4v) is 4.14. The average molecular weight is 326 g/mol. The molecular formula is C13H14N2O6S. The summed E-state index contributed by atoms with van der Waals surface area (Å²) >= 11 is 0. The topological polar surface area (TPSA) is 93.2 Å². The molecule has 0 aromatic heterocycles. The minimum atomic E-state index is -3.72. The Kier molecular flexibility index (Phi) is 3.53. The number of hydrogen-bond acceptors (Lipinski definition) is 6. The van der Waals surface area contributed by atoms with Crippen molar-refractivity contribution in [1.82, 2.24) is 9.21 Å². The maximum absolute atomic E-state index is 12.5. The van der Waals surface area contributed by atoms with Crippen LogP contribution in [0.1, 0.15) is 0 Å². The largest absolute Gasteiger partial charge is 0.495 e. The first-order chi connectivity index (χ1) is 10.4. The Morgan fingerprint density at radius 2 is 1.91 bits per heavy atom. The number of para-hydroxylation sites is 1.